The number of nitrogens with zero attached hydrogens (tertiary/aromatic N) is 2. The van der Waals surface area contributed by atoms with E-state index in [4.69, 9.17) is 4.74 Å². The largest absolute Gasteiger partial charge is 0.383 e. The minimum atomic E-state index is -0.984. The lowest BCUT2D eigenvalue weighted by atomic mass is 10.00. The standard InChI is InChI=1S/C23H34N4O2S.HI/c1-4-24-22(26-17-23(3,28)20-8-13-30-16-20)25-15-21(27-9-11-29-12-10-27)19-7-5-6-18(2)14-19;/h5-8,13-14,16,21,28H,4,9-12,15,17H2,1-3H3,(H2,24,25,26);1H. The SMILES string of the molecule is CCNC(=NCC(C)(O)c1ccsc1)NCC(c1cccc(C)c1)N1CCOCC1.I. The summed E-state index contributed by atoms with van der Waals surface area (Å²) < 4.78 is 5.56. The fraction of sp³-hybridized carbons (Fsp3) is 0.522. The highest BCUT2D eigenvalue weighted by Crippen LogP contribution is 2.24. The van der Waals surface area contributed by atoms with Crippen LogP contribution in [0.25, 0.3) is 0 Å². The Labute approximate surface area is 207 Å². The molecule has 1 saturated heterocycles. The first-order valence-electron chi connectivity index (χ1n) is 10.6. The molecule has 0 aliphatic carbocycles. The van der Waals surface area contributed by atoms with E-state index < -0.39 is 5.60 Å². The number of guanidine groups is 1. The maximum Gasteiger partial charge on any atom is 0.191 e. The molecule has 3 N–H and O–H groups in total. The van der Waals surface area contributed by atoms with Gasteiger partial charge < -0.3 is 20.5 Å². The first-order valence-corrected chi connectivity index (χ1v) is 11.6. The fourth-order valence-electron chi connectivity index (χ4n) is 3.65. The Morgan fingerprint density at radius 1 is 1.29 bits per heavy atom. The summed E-state index contributed by atoms with van der Waals surface area (Å²) in [5, 5.41) is 21.6. The molecule has 3 rings (SSSR count). The van der Waals surface area contributed by atoms with Crippen molar-refractivity contribution in [1.29, 1.82) is 0 Å². The highest BCUT2D eigenvalue weighted by molar-refractivity contribution is 14.0. The van der Waals surface area contributed by atoms with Crippen LogP contribution in [0.1, 0.15) is 36.6 Å². The second kappa shape index (κ2) is 12.7. The number of hydrogen-bond donors (Lipinski definition) is 3. The highest BCUT2D eigenvalue weighted by Gasteiger charge is 2.25. The molecule has 2 heterocycles. The third kappa shape index (κ3) is 7.71. The van der Waals surface area contributed by atoms with Crippen LogP contribution in [0.5, 0.6) is 0 Å². The van der Waals surface area contributed by atoms with Crippen LogP contribution in [0.3, 0.4) is 0 Å². The lowest BCUT2D eigenvalue weighted by Gasteiger charge is -2.35. The molecule has 1 aliphatic heterocycles. The molecule has 31 heavy (non-hydrogen) atoms. The van der Waals surface area contributed by atoms with Crippen LogP contribution >= 0.6 is 35.3 Å². The van der Waals surface area contributed by atoms with Gasteiger partial charge in [-0.05, 0) is 48.7 Å². The van der Waals surface area contributed by atoms with Crippen molar-refractivity contribution in [3.8, 4) is 0 Å². The first kappa shape index (κ1) is 26.1. The number of morpholine rings is 1. The number of halogens is 1. The van der Waals surface area contributed by atoms with Crippen molar-refractivity contribution in [2.24, 2.45) is 4.99 Å². The van der Waals surface area contributed by atoms with E-state index >= 15 is 0 Å². The molecule has 0 spiro atoms. The molecular formula is C23H35IN4O2S. The zero-order valence-electron chi connectivity index (χ0n) is 18.6. The fourth-order valence-corrected chi connectivity index (χ4v) is 4.44. The average molecular weight is 559 g/mol. The molecule has 8 heteroatoms. The molecule has 1 aromatic carbocycles. The van der Waals surface area contributed by atoms with Crippen molar-refractivity contribution in [2.45, 2.75) is 32.4 Å². The van der Waals surface area contributed by atoms with Crippen LogP contribution in [0, 0.1) is 6.92 Å². The number of rotatable bonds is 8. The average Bonchev–Trinajstić information content (AvgIpc) is 3.29. The zero-order valence-corrected chi connectivity index (χ0v) is 21.8. The number of nitrogens with one attached hydrogen (secondary N) is 2. The van der Waals surface area contributed by atoms with Crippen molar-refractivity contribution in [3.63, 3.8) is 0 Å². The van der Waals surface area contributed by atoms with Crippen LogP contribution < -0.4 is 10.6 Å². The third-order valence-corrected chi connectivity index (χ3v) is 6.09. The lowest BCUT2D eigenvalue weighted by Crippen LogP contribution is -2.46. The van der Waals surface area contributed by atoms with E-state index in [1.165, 1.54) is 11.1 Å². The van der Waals surface area contributed by atoms with Gasteiger partial charge in [0.1, 0.15) is 5.60 Å². The maximum atomic E-state index is 10.8. The highest BCUT2D eigenvalue weighted by atomic mass is 127. The van der Waals surface area contributed by atoms with Crippen LogP contribution in [-0.2, 0) is 10.3 Å². The maximum absolute atomic E-state index is 10.8. The summed E-state index contributed by atoms with van der Waals surface area (Å²) in [6.07, 6.45) is 0. The predicted molar refractivity (Wildman–Crippen MR) is 140 cm³/mol. The van der Waals surface area contributed by atoms with Crippen LogP contribution in [0.4, 0.5) is 0 Å². The summed E-state index contributed by atoms with van der Waals surface area (Å²) in [4.78, 5) is 7.14. The minimum absolute atomic E-state index is 0. The van der Waals surface area contributed by atoms with Crippen LogP contribution in [0.15, 0.2) is 46.1 Å². The summed E-state index contributed by atoms with van der Waals surface area (Å²) in [5.74, 6) is 0.721. The monoisotopic (exact) mass is 558 g/mol. The van der Waals surface area contributed by atoms with E-state index in [0.717, 1.165) is 50.9 Å². The smallest absolute Gasteiger partial charge is 0.191 e. The second-order valence-corrected chi connectivity index (χ2v) is 8.72. The van der Waals surface area contributed by atoms with E-state index in [1.54, 1.807) is 11.3 Å². The number of aliphatic imine (C=N–C) groups is 1. The van der Waals surface area contributed by atoms with Crippen molar-refractivity contribution in [2.75, 3.05) is 45.9 Å². The topological polar surface area (TPSA) is 69.1 Å². The molecule has 0 radical (unpaired) electrons. The molecule has 2 unspecified atom stereocenters. The third-order valence-electron chi connectivity index (χ3n) is 5.41. The minimum Gasteiger partial charge on any atom is -0.383 e. The lowest BCUT2D eigenvalue weighted by molar-refractivity contribution is 0.0169. The van der Waals surface area contributed by atoms with E-state index in [9.17, 15) is 5.11 Å². The Morgan fingerprint density at radius 3 is 2.71 bits per heavy atom. The van der Waals surface area contributed by atoms with Gasteiger partial charge in [-0.3, -0.25) is 4.90 Å². The number of thiophene rings is 1. The Hall–Kier alpha value is -1.20. The number of aryl methyl sites for hydroxylation is 1. The molecule has 1 fully saturated rings. The Kier molecular flexibility index (Phi) is 10.7. The van der Waals surface area contributed by atoms with Gasteiger partial charge in [0.25, 0.3) is 0 Å². The number of benzene rings is 1. The van der Waals surface area contributed by atoms with Gasteiger partial charge in [0.05, 0.1) is 25.8 Å². The van der Waals surface area contributed by atoms with Gasteiger partial charge in [-0.1, -0.05) is 29.8 Å². The normalized spacial score (nSPS) is 18.0. The number of hydrogen-bond acceptors (Lipinski definition) is 5. The molecule has 1 aromatic heterocycles. The summed E-state index contributed by atoms with van der Waals surface area (Å²) >= 11 is 1.58. The molecule has 0 bridgehead atoms. The summed E-state index contributed by atoms with van der Waals surface area (Å²) in [5.41, 5.74) is 2.48. The number of ether oxygens (including phenoxy) is 1. The van der Waals surface area contributed by atoms with Gasteiger partial charge in [-0.25, -0.2) is 4.99 Å². The number of aliphatic hydroxyl groups is 1. The van der Waals surface area contributed by atoms with Crippen LogP contribution in [0.2, 0.25) is 0 Å². The summed E-state index contributed by atoms with van der Waals surface area (Å²) in [6.45, 7) is 11.1. The van der Waals surface area contributed by atoms with E-state index in [1.807, 2.05) is 30.7 Å². The van der Waals surface area contributed by atoms with Gasteiger partial charge in [-0.15, -0.1) is 24.0 Å². The van der Waals surface area contributed by atoms with Crippen molar-refractivity contribution in [1.82, 2.24) is 15.5 Å². The zero-order chi connectivity index (χ0) is 21.4. The van der Waals surface area contributed by atoms with Crippen LogP contribution in [-0.4, -0.2) is 61.9 Å². The van der Waals surface area contributed by atoms with Gasteiger partial charge in [0.2, 0.25) is 0 Å². The van der Waals surface area contributed by atoms with E-state index in [-0.39, 0.29) is 30.0 Å². The van der Waals surface area contributed by atoms with Crippen molar-refractivity contribution >= 4 is 41.3 Å². The first-order chi connectivity index (χ1) is 14.5. The Morgan fingerprint density at radius 2 is 2.06 bits per heavy atom. The summed E-state index contributed by atoms with van der Waals surface area (Å²) in [7, 11) is 0. The molecular weight excluding hydrogens is 523 g/mol. The molecule has 1 aliphatic rings. The van der Waals surface area contributed by atoms with Gasteiger partial charge in [0.15, 0.2) is 5.96 Å². The second-order valence-electron chi connectivity index (χ2n) is 7.94. The quantitative estimate of drug-likeness (QED) is 0.263. The Bertz CT molecular complexity index is 808. The molecule has 0 amide bonds. The van der Waals surface area contributed by atoms with Gasteiger partial charge >= 0.3 is 0 Å². The van der Waals surface area contributed by atoms with Gasteiger partial charge in [0, 0.05) is 26.2 Å². The predicted octanol–water partition coefficient (Wildman–Crippen LogP) is 3.51. The van der Waals surface area contributed by atoms with Crippen molar-refractivity contribution < 1.29 is 9.84 Å². The molecule has 0 saturated carbocycles. The Balaban J connectivity index is 0.00000341. The molecule has 6 nitrogen and oxygen atoms in total. The van der Waals surface area contributed by atoms with Crippen molar-refractivity contribution in [3.05, 3.63) is 57.8 Å². The molecule has 2 atom stereocenters. The van der Waals surface area contributed by atoms with E-state index in [0.29, 0.717) is 6.54 Å². The molecule has 2 aromatic rings. The summed E-state index contributed by atoms with van der Waals surface area (Å²) in [6, 6.07) is 10.9. The molecule has 172 valence electrons. The van der Waals surface area contributed by atoms with Gasteiger partial charge in [-0.2, -0.15) is 11.3 Å². The van der Waals surface area contributed by atoms with E-state index in [2.05, 4.69) is 51.7 Å².